The molecule has 2 atom stereocenters. The molecule has 1 aromatic heterocycles. The average Bonchev–Trinajstić information content (AvgIpc) is 3.17. The molecule has 0 radical (unpaired) electrons. The van der Waals surface area contributed by atoms with Crippen molar-refractivity contribution in [2.24, 2.45) is 0 Å². The molecular weight excluding hydrogens is 288 g/mol. The molecule has 23 heavy (non-hydrogen) atoms. The van der Waals surface area contributed by atoms with Gasteiger partial charge in [-0.1, -0.05) is 42.5 Å². The lowest BCUT2D eigenvalue weighted by atomic mass is 9.96. The molecule has 4 nitrogen and oxygen atoms in total. The fourth-order valence-electron chi connectivity index (χ4n) is 3.46. The normalized spacial score (nSPS) is 19.7. The molecule has 1 aliphatic rings. The van der Waals surface area contributed by atoms with Gasteiger partial charge in [0.2, 0.25) is 5.78 Å². The van der Waals surface area contributed by atoms with Crippen molar-refractivity contribution in [2.75, 3.05) is 0 Å². The summed E-state index contributed by atoms with van der Waals surface area (Å²) in [5.41, 5.74) is 4.31. The van der Waals surface area contributed by atoms with Crippen molar-refractivity contribution in [3.8, 4) is 0 Å². The minimum absolute atomic E-state index is 0.0271. The van der Waals surface area contributed by atoms with Crippen LogP contribution in [0, 0.1) is 0 Å². The highest BCUT2D eigenvalue weighted by Gasteiger charge is 2.34. The molecular formula is C19H16N2O2. The molecule has 2 N–H and O–H groups in total. The van der Waals surface area contributed by atoms with Gasteiger partial charge in [-0.25, -0.2) is 0 Å². The van der Waals surface area contributed by atoms with Crippen LogP contribution in [-0.4, -0.2) is 17.1 Å². The summed E-state index contributed by atoms with van der Waals surface area (Å²) in [6.45, 7) is 0. The van der Waals surface area contributed by atoms with Crippen molar-refractivity contribution in [1.82, 2.24) is 10.3 Å². The van der Waals surface area contributed by atoms with Crippen LogP contribution >= 0.6 is 0 Å². The van der Waals surface area contributed by atoms with Crippen LogP contribution in [0.5, 0.6) is 0 Å². The molecule has 0 aliphatic carbocycles. The summed E-state index contributed by atoms with van der Waals surface area (Å²) in [5.74, 6) is -0.418. The Morgan fingerprint density at radius 3 is 2.61 bits per heavy atom. The summed E-state index contributed by atoms with van der Waals surface area (Å²) in [5, 5.41) is 4.51. The molecule has 0 fully saturated rings. The summed E-state index contributed by atoms with van der Waals surface area (Å²) in [7, 11) is 0. The van der Waals surface area contributed by atoms with Crippen LogP contribution in [0.15, 0.2) is 54.7 Å². The van der Waals surface area contributed by atoms with Crippen LogP contribution in [0.1, 0.15) is 28.8 Å². The highest BCUT2D eigenvalue weighted by molar-refractivity contribution is 6.27. The van der Waals surface area contributed by atoms with E-state index >= 15 is 0 Å². The number of fused-ring (bicyclic) bond motifs is 2. The summed E-state index contributed by atoms with van der Waals surface area (Å²) >= 11 is 0. The molecule has 4 heteroatoms. The smallest absolute Gasteiger partial charge is 0.216 e. The van der Waals surface area contributed by atoms with E-state index in [9.17, 15) is 9.59 Å². The van der Waals surface area contributed by atoms with Crippen LogP contribution < -0.4 is 5.32 Å². The third-order valence-corrected chi connectivity index (χ3v) is 4.55. The van der Waals surface area contributed by atoms with Gasteiger partial charge in [-0.3, -0.25) is 14.9 Å². The number of Topliss-reactive ketones (excluding diaryl/α,β-unsaturated/α-hetero) is 1. The summed E-state index contributed by atoms with van der Waals surface area (Å²) < 4.78 is 0. The van der Waals surface area contributed by atoms with Gasteiger partial charge in [-0.05, 0) is 29.2 Å². The van der Waals surface area contributed by atoms with Gasteiger partial charge in [0.1, 0.15) is 6.04 Å². The number of aromatic amines is 1. The molecule has 1 aliphatic heterocycles. The number of aldehydes is 1. The average molecular weight is 304 g/mol. The highest BCUT2D eigenvalue weighted by atomic mass is 16.2. The lowest BCUT2D eigenvalue weighted by Gasteiger charge is -2.13. The van der Waals surface area contributed by atoms with Crippen LogP contribution in [0.4, 0.5) is 0 Å². The van der Waals surface area contributed by atoms with Gasteiger partial charge in [-0.2, -0.15) is 0 Å². The number of para-hydroxylation sites is 1. The number of rotatable bonds is 4. The summed E-state index contributed by atoms with van der Waals surface area (Å²) in [6.07, 6.45) is 3.19. The third-order valence-electron chi connectivity index (χ3n) is 4.55. The number of benzene rings is 2. The monoisotopic (exact) mass is 304 g/mol. The van der Waals surface area contributed by atoms with Crippen molar-refractivity contribution in [3.05, 3.63) is 71.4 Å². The maximum absolute atomic E-state index is 11.9. The van der Waals surface area contributed by atoms with Gasteiger partial charge >= 0.3 is 0 Å². The second-order valence-electron chi connectivity index (χ2n) is 5.87. The number of carbonyl (C=O) groups excluding carboxylic acids is 2. The number of hydrogen-bond donors (Lipinski definition) is 2. The first kappa shape index (κ1) is 13.9. The van der Waals surface area contributed by atoms with Crippen molar-refractivity contribution < 1.29 is 9.59 Å². The molecule has 0 saturated carbocycles. The van der Waals surface area contributed by atoms with E-state index in [0.717, 1.165) is 23.1 Å². The first-order valence-electron chi connectivity index (χ1n) is 7.67. The molecule has 114 valence electrons. The predicted octanol–water partition coefficient (Wildman–Crippen LogP) is 2.86. The quantitative estimate of drug-likeness (QED) is 0.575. The maximum Gasteiger partial charge on any atom is 0.216 e. The maximum atomic E-state index is 11.9. The molecule has 3 aromatic rings. The van der Waals surface area contributed by atoms with Gasteiger partial charge in [0, 0.05) is 23.1 Å². The van der Waals surface area contributed by atoms with E-state index in [4.69, 9.17) is 0 Å². The molecule has 2 unspecified atom stereocenters. The Balaban J connectivity index is 1.70. The van der Waals surface area contributed by atoms with E-state index in [1.807, 2.05) is 48.7 Å². The standard InChI is InChI=1S/C19H16N2O2/c22-11-18(23)19-15-7-2-1-6-14(15)17(21-19)9-12-10-20-16-8-4-3-5-13(12)16/h1-8,10-11,17,19-21H,9H2. The zero-order chi connectivity index (χ0) is 15.8. The van der Waals surface area contributed by atoms with Crippen molar-refractivity contribution >= 4 is 23.0 Å². The first-order chi connectivity index (χ1) is 11.3. The van der Waals surface area contributed by atoms with Crippen LogP contribution in [-0.2, 0) is 16.0 Å². The second kappa shape index (κ2) is 5.48. The summed E-state index contributed by atoms with van der Waals surface area (Å²) in [6, 6.07) is 15.5. The summed E-state index contributed by atoms with van der Waals surface area (Å²) in [4.78, 5) is 26.1. The number of nitrogens with one attached hydrogen (secondary N) is 2. The SMILES string of the molecule is O=CC(=O)C1NC(Cc2c[nH]c3ccccc23)c2ccccc21. The Kier molecular flexibility index (Phi) is 3.32. The predicted molar refractivity (Wildman–Crippen MR) is 88.1 cm³/mol. The molecule has 2 heterocycles. The molecule has 0 amide bonds. The number of aromatic nitrogens is 1. The van der Waals surface area contributed by atoms with E-state index in [1.54, 1.807) is 0 Å². The van der Waals surface area contributed by atoms with Crippen molar-refractivity contribution in [1.29, 1.82) is 0 Å². The van der Waals surface area contributed by atoms with Gasteiger partial charge in [0.15, 0.2) is 6.29 Å². The number of hydrogen-bond acceptors (Lipinski definition) is 3. The van der Waals surface area contributed by atoms with Gasteiger partial charge in [-0.15, -0.1) is 0 Å². The van der Waals surface area contributed by atoms with Crippen molar-refractivity contribution in [3.63, 3.8) is 0 Å². The lowest BCUT2D eigenvalue weighted by Crippen LogP contribution is -2.26. The fourth-order valence-corrected chi connectivity index (χ4v) is 3.46. The van der Waals surface area contributed by atoms with Crippen LogP contribution in [0.2, 0.25) is 0 Å². The minimum atomic E-state index is -0.529. The number of ketones is 1. The van der Waals surface area contributed by atoms with Gasteiger partial charge in [0.25, 0.3) is 0 Å². The van der Waals surface area contributed by atoms with Crippen molar-refractivity contribution in [2.45, 2.75) is 18.5 Å². The number of carbonyl (C=O) groups is 2. The Labute approximate surface area is 133 Å². The van der Waals surface area contributed by atoms with Gasteiger partial charge < -0.3 is 4.98 Å². The molecule has 2 aromatic carbocycles. The Morgan fingerprint density at radius 2 is 1.78 bits per heavy atom. The lowest BCUT2D eigenvalue weighted by molar-refractivity contribution is -0.131. The molecule has 0 saturated heterocycles. The first-order valence-corrected chi connectivity index (χ1v) is 7.67. The second-order valence-corrected chi connectivity index (χ2v) is 5.87. The van der Waals surface area contributed by atoms with Gasteiger partial charge in [0.05, 0.1) is 0 Å². The van der Waals surface area contributed by atoms with E-state index < -0.39 is 11.8 Å². The molecule has 0 spiro atoms. The third kappa shape index (κ3) is 2.28. The zero-order valence-corrected chi connectivity index (χ0v) is 12.5. The fraction of sp³-hybridized carbons (Fsp3) is 0.158. The van der Waals surface area contributed by atoms with E-state index in [-0.39, 0.29) is 6.04 Å². The number of H-pyrrole nitrogens is 1. The Bertz CT molecular complexity index is 897. The largest absolute Gasteiger partial charge is 0.361 e. The molecule has 4 rings (SSSR count). The topological polar surface area (TPSA) is 62.0 Å². The Hall–Kier alpha value is -2.72. The van der Waals surface area contributed by atoms with E-state index in [1.165, 1.54) is 10.9 Å². The van der Waals surface area contributed by atoms with Crippen LogP contribution in [0.3, 0.4) is 0 Å². The van der Waals surface area contributed by atoms with E-state index in [0.29, 0.717) is 6.29 Å². The Morgan fingerprint density at radius 1 is 1.04 bits per heavy atom. The highest BCUT2D eigenvalue weighted by Crippen LogP contribution is 2.36. The zero-order valence-electron chi connectivity index (χ0n) is 12.5. The van der Waals surface area contributed by atoms with Crippen LogP contribution in [0.25, 0.3) is 10.9 Å². The molecule has 0 bridgehead atoms. The minimum Gasteiger partial charge on any atom is -0.361 e. The van der Waals surface area contributed by atoms with E-state index in [2.05, 4.69) is 16.4 Å².